The van der Waals surface area contributed by atoms with Crippen molar-refractivity contribution in [2.24, 2.45) is 0 Å². The van der Waals surface area contributed by atoms with Gasteiger partial charge in [0, 0.05) is 11.6 Å². The summed E-state index contributed by atoms with van der Waals surface area (Å²) < 4.78 is 5.36. The molecule has 2 aromatic rings. The van der Waals surface area contributed by atoms with Gasteiger partial charge in [0.2, 0.25) is 0 Å². The minimum atomic E-state index is -0.709. The van der Waals surface area contributed by atoms with Crippen LogP contribution in [0.2, 0.25) is 0 Å². The predicted molar refractivity (Wildman–Crippen MR) is 88.3 cm³/mol. The summed E-state index contributed by atoms with van der Waals surface area (Å²) >= 11 is 0. The first-order valence-electron chi connectivity index (χ1n) is 7.43. The molecule has 0 spiro atoms. The maximum absolute atomic E-state index is 12.2. The molecule has 1 atom stereocenters. The highest BCUT2D eigenvalue weighted by Gasteiger charge is 2.17. The summed E-state index contributed by atoms with van der Waals surface area (Å²) in [7, 11) is 0. The molecule has 2 N–H and O–H groups in total. The molecule has 126 valence electrons. The summed E-state index contributed by atoms with van der Waals surface area (Å²) in [6.45, 7) is 4.30. The van der Waals surface area contributed by atoms with Crippen LogP contribution in [0.5, 0.6) is 11.5 Å². The minimum absolute atomic E-state index is 0.149. The number of amides is 1. The maximum Gasteiger partial charge on any atom is 0.310 e. The Balaban J connectivity index is 2.08. The zero-order valence-corrected chi connectivity index (χ0v) is 13.4. The van der Waals surface area contributed by atoms with Gasteiger partial charge >= 0.3 is 5.69 Å². The van der Waals surface area contributed by atoms with Crippen molar-refractivity contribution in [3.8, 4) is 11.5 Å². The molecule has 0 saturated carbocycles. The van der Waals surface area contributed by atoms with Gasteiger partial charge in [-0.1, -0.05) is 12.1 Å². The van der Waals surface area contributed by atoms with Gasteiger partial charge in [0.05, 0.1) is 17.6 Å². The Labute approximate surface area is 139 Å². The molecule has 0 bridgehead atoms. The van der Waals surface area contributed by atoms with Gasteiger partial charge in [0.15, 0.2) is 5.75 Å². The number of rotatable bonds is 6. The van der Waals surface area contributed by atoms with Crippen molar-refractivity contribution < 1.29 is 19.6 Å². The summed E-state index contributed by atoms with van der Waals surface area (Å²) in [5.74, 6) is -0.219. The second-order valence-corrected chi connectivity index (χ2v) is 5.16. The van der Waals surface area contributed by atoms with Crippen molar-refractivity contribution in [1.29, 1.82) is 0 Å². The van der Waals surface area contributed by atoms with Crippen LogP contribution in [0.15, 0.2) is 42.5 Å². The van der Waals surface area contributed by atoms with Crippen LogP contribution in [-0.4, -0.2) is 22.5 Å². The molecule has 0 saturated heterocycles. The van der Waals surface area contributed by atoms with E-state index in [9.17, 15) is 20.0 Å². The SMILES string of the molecule is CCOc1ccc([C@H](C)NC(=O)c2ccc([N+](=O)[O-])c(O)c2)cc1. The number of hydrogen-bond donors (Lipinski definition) is 2. The molecule has 0 fully saturated rings. The Bertz CT molecular complexity index is 743. The Kier molecular flexibility index (Phi) is 5.36. The van der Waals surface area contributed by atoms with E-state index in [1.165, 1.54) is 6.07 Å². The van der Waals surface area contributed by atoms with Gasteiger partial charge in [-0.2, -0.15) is 0 Å². The lowest BCUT2D eigenvalue weighted by atomic mass is 10.1. The van der Waals surface area contributed by atoms with Crippen LogP contribution in [0, 0.1) is 10.1 Å². The second-order valence-electron chi connectivity index (χ2n) is 5.16. The van der Waals surface area contributed by atoms with Crippen LogP contribution in [0.1, 0.15) is 35.8 Å². The maximum atomic E-state index is 12.2. The van der Waals surface area contributed by atoms with Gasteiger partial charge in [-0.3, -0.25) is 14.9 Å². The number of carbonyl (C=O) groups is 1. The van der Waals surface area contributed by atoms with E-state index in [0.717, 1.165) is 23.4 Å². The van der Waals surface area contributed by atoms with Gasteiger partial charge in [-0.15, -0.1) is 0 Å². The summed E-state index contributed by atoms with van der Waals surface area (Å²) in [5, 5.41) is 23.1. The quantitative estimate of drug-likeness (QED) is 0.625. The van der Waals surface area contributed by atoms with Gasteiger partial charge in [0.1, 0.15) is 5.75 Å². The summed E-state index contributed by atoms with van der Waals surface area (Å²) in [4.78, 5) is 22.2. The number of benzene rings is 2. The van der Waals surface area contributed by atoms with Gasteiger partial charge in [-0.25, -0.2) is 0 Å². The molecular weight excluding hydrogens is 312 g/mol. The highest BCUT2D eigenvalue weighted by molar-refractivity contribution is 5.95. The first-order valence-corrected chi connectivity index (χ1v) is 7.43. The van der Waals surface area contributed by atoms with E-state index in [1.807, 2.05) is 38.1 Å². The summed E-state index contributed by atoms with van der Waals surface area (Å²) in [6, 6.07) is 10.6. The van der Waals surface area contributed by atoms with E-state index in [1.54, 1.807) is 0 Å². The molecule has 0 aliphatic carbocycles. The molecule has 0 aliphatic heterocycles. The first kappa shape index (κ1) is 17.3. The molecule has 24 heavy (non-hydrogen) atoms. The predicted octanol–water partition coefficient (Wildman–Crippen LogP) is 3.19. The van der Waals surface area contributed by atoms with E-state index in [-0.39, 0.29) is 11.6 Å². The lowest BCUT2D eigenvalue weighted by Crippen LogP contribution is -2.26. The van der Waals surface area contributed by atoms with Crippen LogP contribution in [-0.2, 0) is 0 Å². The van der Waals surface area contributed by atoms with Crippen LogP contribution in [0.25, 0.3) is 0 Å². The van der Waals surface area contributed by atoms with Crippen molar-refractivity contribution >= 4 is 11.6 Å². The molecular formula is C17H18N2O5. The fourth-order valence-corrected chi connectivity index (χ4v) is 2.20. The Morgan fingerprint density at radius 3 is 2.50 bits per heavy atom. The smallest absolute Gasteiger partial charge is 0.310 e. The van der Waals surface area contributed by atoms with Crippen LogP contribution in [0.3, 0.4) is 0 Å². The highest BCUT2D eigenvalue weighted by atomic mass is 16.6. The standard InChI is InChI=1S/C17H18N2O5/c1-3-24-14-7-4-12(5-8-14)11(2)18-17(21)13-6-9-15(19(22)23)16(20)10-13/h4-11,20H,3H2,1-2H3,(H,18,21)/t11-/m0/s1. The average molecular weight is 330 g/mol. The van der Waals surface area contributed by atoms with E-state index >= 15 is 0 Å². The third-order valence-electron chi connectivity index (χ3n) is 3.47. The number of phenolic OH excluding ortho intramolecular Hbond substituents is 1. The zero-order valence-electron chi connectivity index (χ0n) is 13.4. The number of nitrogens with zero attached hydrogens (tertiary/aromatic N) is 1. The molecule has 0 radical (unpaired) electrons. The van der Waals surface area contributed by atoms with Crippen LogP contribution < -0.4 is 10.1 Å². The monoisotopic (exact) mass is 330 g/mol. The third-order valence-corrected chi connectivity index (χ3v) is 3.47. The Morgan fingerprint density at radius 2 is 1.96 bits per heavy atom. The van der Waals surface area contributed by atoms with Gasteiger partial charge in [-0.05, 0) is 43.7 Å². The van der Waals surface area contributed by atoms with E-state index in [2.05, 4.69) is 5.32 Å². The number of carbonyl (C=O) groups excluding carboxylic acids is 1. The fourth-order valence-electron chi connectivity index (χ4n) is 2.20. The van der Waals surface area contributed by atoms with Gasteiger partial charge in [0.25, 0.3) is 5.91 Å². The van der Waals surface area contributed by atoms with Crippen molar-refractivity contribution in [3.63, 3.8) is 0 Å². The summed E-state index contributed by atoms with van der Waals surface area (Å²) in [6.07, 6.45) is 0. The molecule has 0 heterocycles. The lowest BCUT2D eigenvalue weighted by Gasteiger charge is -2.15. The lowest BCUT2D eigenvalue weighted by molar-refractivity contribution is -0.385. The molecule has 2 rings (SSSR count). The molecule has 1 amide bonds. The van der Waals surface area contributed by atoms with Gasteiger partial charge < -0.3 is 15.2 Å². The van der Waals surface area contributed by atoms with Crippen molar-refractivity contribution in [1.82, 2.24) is 5.32 Å². The van der Waals surface area contributed by atoms with Crippen molar-refractivity contribution in [2.75, 3.05) is 6.61 Å². The number of nitro benzene ring substituents is 1. The highest BCUT2D eigenvalue weighted by Crippen LogP contribution is 2.26. The molecule has 7 heteroatoms. The zero-order chi connectivity index (χ0) is 17.7. The molecule has 0 aliphatic rings. The van der Waals surface area contributed by atoms with Crippen molar-refractivity contribution in [2.45, 2.75) is 19.9 Å². The number of ether oxygens (including phenoxy) is 1. The number of phenols is 1. The van der Waals surface area contributed by atoms with E-state index < -0.39 is 22.3 Å². The third kappa shape index (κ3) is 4.01. The topological polar surface area (TPSA) is 102 Å². The van der Waals surface area contributed by atoms with E-state index in [4.69, 9.17) is 4.74 Å². The average Bonchev–Trinajstić information content (AvgIpc) is 2.55. The second kappa shape index (κ2) is 7.45. The first-order chi connectivity index (χ1) is 11.4. The molecule has 2 aromatic carbocycles. The van der Waals surface area contributed by atoms with E-state index in [0.29, 0.717) is 6.61 Å². The minimum Gasteiger partial charge on any atom is -0.502 e. The Hall–Kier alpha value is -3.09. The Morgan fingerprint density at radius 1 is 1.29 bits per heavy atom. The number of aromatic hydroxyl groups is 1. The summed E-state index contributed by atoms with van der Waals surface area (Å²) in [5.41, 5.74) is 0.597. The molecule has 0 unspecified atom stereocenters. The number of nitrogens with one attached hydrogen (secondary N) is 1. The van der Waals surface area contributed by atoms with Crippen molar-refractivity contribution in [3.05, 3.63) is 63.7 Å². The molecule has 0 aromatic heterocycles. The number of nitro groups is 1. The fraction of sp³-hybridized carbons (Fsp3) is 0.235. The van der Waals surface area contributed by atoms with Crippen LogP contribution >= 0.6 is 0 Å². The largest absolute Gasteiger partial charge is 0.502 e. The van der Waals surface area contributed by atoms with Crippen LogP contribution in [0.4, 0.5) is 5.69 Å². The normalized spacial score (nSPS) is 11.6. The molecule has 7 nitrogen and oxygen atoms in total. The number of hydrogen-bond acceptors (Lipinski definition) is 5.